The number of imidazole rings is 1. The van der Waals surface area contributed by atoms with Gasteiger partial charge in [0.15, 0.2) is 5.65 Å². The van der Waals surface area contributed by atoms with E-state index in [4.69, 9.17) is 21.3 Å². The normalized spacial score (nSPS) is 13.4. The smallest absolute Gasteiger partial charge is 0.337 e. The van der Waals surface area contributed by atoms with Crippen molar-refractivity contribution >= 4 is 47.0 Å². The number of nitrogens with zero attached hydrogens (tertiary/aromatic N) is 3. The number of hydrogen-bond acceptors (Lipinski definition) is 5. The summed E-state index contributed by atoms with van der Waals surface area (Å²) in [4.78, 5) is 33.5. The van der Waals surface area contributed by atoms with Crippen LogP contribution in [0.4, 0.5) is 4.39 Å². The molecule has 1 fully saturated rings. The minimum absolute atomic E-state index is 0. The number of pyridine rings is 1. The maximum Gasteiger partial charge on any atom is 0.337 e. The van der Waals surface area contributed by atoms with E-state index in [-0.39, 0.29) is 48.1 Å². The first-order chi connectivity index (χ1) is 22.2. The second-order valence-electron chi connectivity index (χ2n) is 11.9. The summed E-state index contributed by atoms with van der Waals surface area (Å²) in [6, 6.07) is 19.0. The Balaban J connectivity index is 0.00000433. The second-order valence-corrected chi connectivity index (χ2v) is 12.3. The molecule has 1 amide bonds. The first-order valence-electron chi connectivity index (χ1n) is 15.4. The lowest BCUT2D eigenvalue weighted by Gasteiger charge is -2.25. The third-order valence-corrected chi connectivity index (χ3v) is 8.49. The van der Waals surface area contributed by atoms with Crippen molar-refractivity contribution in [2.24, 2.45) is 0 Å². The van der Waals surface area contributed by atoms with Gasteiger partial charge >= 0.3 is 5.97 Å². The zero-order valence-corrected chi connectivity index (χ0v) is 27.6. The highest BCUT2D eigenvalue weighted by molar-refractivity contribution is 6.30. The van der Waals surface area contributed by atoms with Crippen LogP contribution in [0.3, 0.4) is 0 Å². The zero-order chi connectivity index (χ0) is 32.4. The SMILES string of the molecule is CC(C)NC(=O)c1ccc(-c2ccc(Cl)cc2)c(COc2ccc(-c3nc4cc(C(=O)O)cnc4n3C3CCCCC3)c(F)c2)c1.Cl. The Morgan fingerprint density at radius 1 is 1.00 bits per heavy atom. The fraction of sp³-hybridized carbons (Fsp3) is 0.278. The van der Waals surface area contributed by atoms with Gasteiger partial charge in [0.25, 0.3) is 5.91 Å². The van der Waals surface area contributed by atoms with Gasteiger partial charge in [-0.2, -0.15) is 0 Å². The number of carboxylic acids is 1. The van der Waals surface area contributed by atoms with Crippen LogP contribution in [0.1, 0.15) is 78.3 Å². The lowest BCUT2D eigenvalue weighted by Crippen LogP contribution is -2.30. The van der Waals surface area contributed by atoms with Crippen LogP contribution < -0.4 is 10.1 Å². The van der Waals surface area contributed by atoms with E-state index in [1.807, 2.05) is 36.6 Å². The van der Waals surface area contributed by atoms with E-state index in [0.717, 1.165) is 48.8 Å². The molecule has 11 heteroatoms. The Morgan fingerprint density at radius 3 is 2.40 bits per heavy atom. The van der Waals surface area contributed by atoms with Crippen molar-refractivity contribution < 1.29 is 23.8 Å². The molecule has 0 spiro atoms. The summed E-state index contributed by atoms with van der Waals surface area (Å²) in [6.07, 6.45) is 6.37. The van der Waals surface area contributed by atoms with Gasteiger partial charge in [-0.15, -0.1) is 12.4 Å². The highest BCUT2D eigenvalue weighted by Crippen LogP contribution is 2.37. The van der Waals surface area contributed by atoms with E-state index in [2.05, 4.69) is 10.3 Å². The molecule has 0 unspecified atom stereocenters. The van der Waals surface area contributed by atoms with Crippen molar-refractivity contribution in [3.63, 3.8) is 0 Å². The van der Waals surface area contributed by atoms with Gasteiger partial charge in [0.1, 0.15) is 29.5 Å². The maximum atomic E-state index is 15.9. The average Bonchev–Trinajstić information content (AvgIpc) is 3.42. The average molecular weight is 678 g/mol. The number of hydrogen-bond donors (Lipinski definition) is 2. The molecule has 2 heterocycles. The van der Waals surface area contributed by atoms with E-state index < -0.39 is 11.8 Å². The fourth-order valence-corrected chi connectivity index (χ4v) is 6.14. The molecule has 1 aliphatic carbocycles. The van der Waals surface area contributed by atoms with Gasteiger partial charge < -0.3 is 19.7 Å². The van der Waals surface area contributed by atoms with Crippen molar-refractivity contribution in [2.75, 3.05) is 0 Å². The summed E-state index contributed by atoms with van der Waals surface area (Å²) >= 11 is 6.12. The van der Waals surface area contributed by atoms with Crippen molar-refractivity contribution in [1.82, 2.24) is 19.9 Å². The molecule has 1 saturated carbocycles. The molecule has 0 aliphatic heterocycles. The molecular formula is C36H35Cl2FN4O4. The minimum Gasteiger partial charge on any atom is -0.489 e. The number of amides is 1. The number of carbonyl (C=O) groups excluding carboxylic acids is 1. The van der Waals surface area contributed by atoms with Crippen molar-refractivity contribution in [3.05, 3.63) is 100 Å². The number of benzene rings is 3. The number of carboxylic acid groups (broad SMARTS) is 1. The molecule has 1 aliphatic rings. The first-order valence-corrected chi connectivity index (χ1v) is 15.8. The van der Waals surface area contributed by atoms with Crippen molar-refractivity contribution in [2.45, 2.75) is 64.6 Å². The Hall–Kier alpha value is -4.47. The summed E-state index contributed by atoms with van der Waals surface area (Å²) in [6.45, 7) is 3.88. The topological polar surface area (TPSA) is 106 Å². The van der Waals surface area contributed by atoms with E-state index in [9.17, 15) is 14.7 Å². The predicted octanol–water partition coefficient (Wildman–Crippen LogP) is 8.90. The summed E-state index contributed by atoms with van der Waals surface area (Å²) in [7, 11) is 0. The van der Waals surface area contributed by atoms with Crippen LogP contribution in [0.5, 0.6) is 5.75 Å². The lowest BCUT2D eigenvalue weighted by atomic mass is 9.95. The summed E-state index contributed by atoms with van der Waals surface area (Å²) in [5, 5.41) is 13.0. The van der Waals surface area contributed by atoms with Gasteiger partial charge in [-0.05, 0) is 85.8 Å². The van der Waals surface area contributed by atoms with Crippen LogP contribution in [0.2, 0.25) is 5.02 Å². The van der Waals surface area contributed by atoms with Gasteiger partial charge in [0, 0.05) is 34.9 Å². The van der Waals surface area contributed by atoms with E-state index >= 15 is 4.39 Å². The highest BCUT2D eigenvalue weighted by Gasteiger charge is 2.25. The molecule has 6 rings (SSSR count). The van der Waals surface area contributed by atoms with Gasteiger partial charge in [-0.25, -0.2) is 19.2 Å². The molecule has 2 aromatic heterocycles. The van der Waals surface area contributed by atoms with Crippen LogP contribution in [-0.2, 0) is 6.61 Å². The van der Waals surface area contributed by atoms with Crippen LogP contribution in [0.25, 0.3) is 33.7 Å². The van der Waals surface area contributed by atoms with Gasteiger partial charge in [0.2, 0.25) is 0 Å². The number of aromatic carboxylic acids is 1. The van der Waals surface area contributed by atoms with Gasteiger partial charge in [0.05, 0.1) is 11.1 Å². The number of ether oxygens (including phenoxy) is 1. The molecule has 0 bridgehead atoms. The molecule has 3 aromatic carbocycles. The van der Waals surface area contributed by atoms with Crippen LogP contribution in [-0.4, -0.2) is 37.6 Å². The fourth-order valence-electron chi connectivity index (χ4n) is 6.01. The summed E-state index contributed by atoms with van der Waals surface area (Å²) < 4.78 is 24.0. The monoisotopic (exact) mass is 676 g/mol. The Kier molecular flexibility index (Phi) is 10.5. The van der Waals surface area contributed by atoms with Crippen molar-refractivity contribution in [1.29, 1.82) is 0 Å². The number of carbonyl (C=O) groups is 2. The summed E-state index contributed by atoms with van der Waals surface area (Å²) in [5.74, 6) is -1.09. The number of nitrogens with one attached hydrogen (secondary N) is 1. The van der Waals surface area contributed by atoms with Crippen LogP contribution >= 0.6 is 24.0 Å². The highest BCUT2D eigenvalue weighted by atomic mass is 35.5. The van der Waals surface area contributed by atoms with Crippen molar-refractivity contribution in [3.8, 4) is 28.3 Å². The number of fused-ring (bicyclic) bond motifs is 1. The quantitative estimate of drug-likeness (QED) is 0.161. The largest absolute Gasteiger partial charge is 0.489 e. The lowest BCUT2D eigenvalue weighted by molar-refractivity contribution is 0.0696. The van der Waals surface area contributed by atoms with E-state index in [1.54, 1.807) is 36.4 Å². The number of aromatic nitrogens is 3. The molecule has 8 nitrogen and oxygen atoms in total. The molecule has 47 heavy (non-hydrogen) atoms. The third-order valence-electron chi connectivity index (χ3n) is 8.23. The summed E-state index contributed by atoms with van der Waals surface area (Å²) in [5.41, 5.74) is 4.28. The standard InChI is InChI=1S/C36H34ClFN4O4.ClH/c1-21(2)40-35(43)23-10-14-29(22-8-11-26(37)12-9-22)25(16-23)20-46-28-13-15-30(31(38)18-28)33-41-32-17-24(36(44)45)19-39-34(32)42(33)27-6-4-3-5-7-27;/h8-19,21,27H,3-7,20H2,1-2H3,(H,40,43)(H,44,45);1H. The van der Waals surface area contributed by atoms with E-state index in [0.29, 0.717) is 33.3 Å². The van der Waals surface area contributed by atoms with Gasteiger partial charge in [-0.3, -0.25) is 4.79 Å². The van der Waals surface area contributed by atoms with Crippen LogP contribution in [0.15, 0.2) is 72.9 Å². The maximum absolute atomic E-state index is 15.9. The molecular weight excluding hydrogens is 642 g/mol. The first kappa shape index (κ1) is 33.9. The van der Waals surface area contributed by atoms with Crippen LogP contribution in [0, 0.1) is 5.82 Å². The van der Waals surface area contributed by atoms with E-state index in [1.165, 1.54) is 18.3 Å². The third kappa shape index (κ3) is 7.42. The number of halogens is 3. The molecule has 0 saturated heterocycles. The minimum atomic E-state index is -1.10. The second kappa shape index (κ2) is 14.5. The van der Waals surface area contributed by atoms with Gasteiger partial charge in [-0.1, -0.05) is 49.1 Å². The molecule has 0 atom stereocenters. The Morgan fingerprint density at radius 2 is 1.72 bits per heavy atom. The number of rotatable bonds is 9. The molecule has 2 N–H and O–H groups in total. The molecule has 0 radical (unpaired) electrons. The Labute approximate surface area is 283 Å². The molecule has 5 aromatic rings. The predicted molar refractivity (Wildman–Crippen MR) is 183 cm³/mol. The molecule has 244 valence electrons. The Bertz CT molecular complexity index is 1920. The zero-order valence-electron chi connectivity index (χ0n) is 26.0.